The molecule has 0 saturated carbocycles. The molecular formula is C44H38N4O2. The molecule has 6 nitrogen and oxygen atoms in total. The number of aryl methyl sites for hydroxylation is 6. The minimum absolute atomic E-state index is 0.244. The molecule has 5 heterocycles. The number of hydrogen-bond acceptors (Lipinski definition) is 2. The standard InChI is InChI=1S/C44H38N4O2/c1-23-19-25(3)39(26(4)20-23)42-35-13-11-31(45-35)32-12-14-36(46-32)43(40-27(5)21-24(2)22-28(40)6)38-18-16-34(48-38)41(33-15-17-37(42)47-33)29-7-9-30(10-8-29)44(49)50/h7-22,45,47-48H,1-6H3,(H,49,50). The average Bonchev–Trinajstić information content (AvgIpc) is 3.89. The maximum atomic E-state index is 11.8. The largest absolute Gasteiger partial charge is 0.478 e. The Morgan fingerprint density at radius 3 is 1.38 bits per heavy atom. The van der Waals surface area contributed by atoms with Crippen molar-refractivity contribution in [1.29, 1.82) is 0 Å². The van der Waals surface area contributed by atoms with Crippen LogP contribution in [-0.2, 0) is 0 Å². The second-order valence-corrected chi connectivity index (χ2v) is 13.6. The van der Waals surface area contributed by atoms with Crippen molar-refractivity contribution in [3.63, 3.8) is 0 Å². The molecule has 0 atom stereocenters. The van der Waals surface area contributed by atoms with Crippen LogP contribution in [0.5, 0.6) is 0 Å². The van der Waals surface area contributed by atoms with Gasteiger partial charge in [0.1, 0.15) is 0 Å². The molecule has 50 heavy (non-hydrogen) atoms. The summed E-state index contributed by atoms with van der Waals surface area (Å²) in [7, 11) is 0. The van der Waals surface area contributed by atoms with Gasteiger partial charge in [0.2, 0.25) is 0 Å². The van der Waals surface area contributed by atoms with Gasteiger partial charge in [-0.25, -0.2) is 9.78 Å². The molecule has 0 aliphatic carbocycles. The first-order chi connectivity index (χ1) is 24.0. The lowest BCUT2D eigenvalue weighted by Crippen LogP contribution is -1.95. The summed E-state index contributed by atoms with van der Waals surface area (Å²) in [5.74, 6) is -0.953. The van der Waals surface area contributed by atoms with E-state index in [-0.39, 0.29) is 5.56 Å². The Morgan fingerprint density at radius 1 is 0.480 bits per heavy atom. The number of nitrogens with zero attached hydrogens (tertiary/aromatic N) is 1. The minimum Gasteiger partial charge on any atom is -0.478 e. The number of carboxylic acid groups (broad SMARTS) is 1. The minimum atomic E-state index is -0.953. The first-order valence-electron chi connectivity index (χ1n) is 16.9. The highest BCUT2D eigenvalue weighted by Crippen LogP contribution is 2.39. The van der Waals surface area contributed by atoms with Crippen molar-refractivity contribution >= 4 is 51.2 Å². The number of rotatable bonds is 4. The Morgan fingerprint density at radius 2 is 0.880 bits per heavy atom. The third kappa shape index (κ3) is 5.21. The van der Waals surface area contributed by atoms with Crippen molar-refractivity contribution in [2.75, 3.05) is 0 Å². The molecule has 1 aliphatic heterocycles. The van der Waals surface area contributed by atoms with Gasteiger partial charge in [-0.2, -0.15) is 0 Å². The molecule has 1 aliphatic rings. The van der Waals surface area contributed by atoms with Gasteiger partial charge in [0, 0.05) is 44.3 Å². The lowest BCUT2D eigenvalue weighted by atomic mass is 9.92. The highest BCUT2D eigenvalue weighted by atomic mass is 16.4. The summed E-state index contributed by atoms with van der Waals surface area (Å²) in [6, 6.07) is 28.8. The number of aromatic nitrogens is 4. The van der Waals surface area contributed by atoms with E-state index in [1.807, 2.05) is 12.1 Å². The molecule has 0 radical (unpaired) electrons. The number of aromatic carboxylic acids is 1. The van der Waals surface area contributed by atoms with Gasteiger partial charge in [0.15, 0.2) is 0 Å². The quantitative estimate of drug-likeness (QED) is 0.152. The van der Waals surface area contributed by atoms with Gasteiger partial charge in [-0.05, 0) is 141 Å². The predicted molar refractivity (Wildman–Crippen MR) is 207 cm³/mol. The van der Waals surface area contributed by atoms with Crippen molar-refractivity contribution in [1.82, 2.24) is 19.9 Å². The van der Waals surface area contributed by atoms with Crippen LogP contribution in [0.1, 0.15) is 55.1 Å². The fourth-order valence-electron chi connectivity index (χ4n) is 7.91. The topological polar surface area (TPSA) is 97.6 Å². The maximum absolute atomic E-state index is 11.8. The molecule has 8 rings (SSSR count). The number of H-pyrrole nitrogens is 3. The van der Waals surface area contributed by atoms with E-state index in [0.29, 0.717) is 0 Å². The van der Waals surface area contributed by atoms with Gasteiger partial charge < -0.3 is 20.1 Å². The monoisotopic (exact) mass is 654 g/mol. The summed E-state index contributed by atoms with van der Waals surface area (Å²) in [6.07, 6.45) is 4.20. The molecule has 0 spiro atoms. The van der Waals surface area contributed by atoms with E-state index in [2.05, 4.69) is 129 Å². The SMILES string of the molecule is Cc1cc(C)c(-c2c3nc(c4ccc([nH]4)c(-c4c(C)cc(C)cc4C)c4ccc([nH]4)c(-c4ccc(C(=O)O)cc4)c4ccc2[nH]4)C=C3)c(C)c1. The first kappa shape index (κ1) is 31.1. The molecule has 4 aromatic heterocycles. The van der Waals surface area contributed by atoms with Crippen LogP contribution < -0.4 is 0 Å². The highest BCUT2D eigenvalue weighted by Gasteiger charge is 2.19. The fourth-order valence-corrected chi connectivity index (χ4v) is 7.91. The second-order valence-electron chi connectivity index (χ2n) is 13.6. The van der Waals surface area contributed by atoms with Crippen molar-refractivity contribution in [2.45, 2.75) is 41.5 Å². The molecule has 246 valence electrons. The molecule has 0 unspecified atom stereocenters. The van der Waals surface area contributed by atoms with Crippen molar-refractivity contribution in [2.24, 2.45) is 0 Å². The number of aromatic amines is 3. The first-order valence-corrected chi connectivity index (χ1v) is 16.9. The van der Waals surface area contributed by atoms with Crippen LogP contribution in [0, 0.1) is 41.5 Å². The van der Waals surface area contributed by atoms with Gasteiger partial charge in [0.05, 0.1) is 22.5 Å². The van der Waals surface area contributed by atoms with E-state index in [1.54, 1.807) is 12.1 Å². The summed E-state index contributed by atoms with van der Waals surface area (Å²) in [6.45, 7) is 12.9. The van der Waals surface area contributed by atoms with Crippen molar-refractivity contribution < 1.29 is 9.90 Å². The summed E-state index contributed by atoms with van der Waals surface area (Å²) in [5.41, 5.74) is 21.2. The van der Waals surface area contributed by atoms with Crippen LogP contribution in [-0.4, -0.2) is 31.0 Å². The summed E-state index contributed by atoms with van der Waals surface area (Å²) >= 11 is 0. The Balaban J connectivity index is 1.57. The molecule has 8 bridgehead atoms. The number of benzene rings is 3. The molecule has 0 fully saturated rings. The van der Waals surface area contributed by atoms with E-state index in [9.17, 15) is 9.90 Å². The molecule has 7 aromatic rings. The lowest BCUT2D eigenvalue weighted by molar-refractivity contribution is 0.0697. The molecular weight excluding hydrogens is 617 g/mol. The van der Waals surface area contributed by atoms with Gasteiger partial charge in [0.25, 0.3) is 0 Å². The van der Waals surface area contributed by atoms with Gasteiger partial charge in [-0.3, -0.25) is 0 Å². The Hall–Kier alpha value is -6.14. The Bertz CT molecular complexity index is 2640. The fraction of sp³-hybridized carbons (Fsp3) is 0.136. The maximum Gasteiger partial charge on any atom is 0.335 e. The predicted octanol–water partition coefficient (Wildman–Crippen LogP) is 11.2. The van der Waals surface area contributed by atoms with E-state index < -0.39 is 5.97 Å². The van der Waals surface area contributed by atoms with Gasteiger partial charge in [-0.15, -0.1) is 0 Å². The van der Waals surface area contributed by atoms with E-state index in [1.165, 1.54) is 38.9 Å². The van der Waals surface area contributed by atoms with Crippen LogP contribution in [0.3, 0.4) is 0 Å². The van der Waals surface area contributed by atoms with Crippen LogP contribution in [0.4, 0.5) is 0 Å². The van der Waals surface area contributed by atoms with Gasteiger partial charge >= 0.3 is 5.97 Å². The summed E-state index contributed by atoms with van der Waals surface area (Å²) in [5, 5.41) is 9.67. The van der Waals surface area contributed by atoms with Crippen molar-refractivity contribution in [3.8, 4) is 33.4 Å². The van der Waals surface area contributed by atoms with Gasteiger partial charge in [-0.1, -0.05) is 47.5 Å². The zero-order valence-electron chi connectivity index (χ0n) is 29.0. The normalized spacial score (nSPS) is 11.9. The second kappa shape index (κ2) is 11.8. The number of hydrogen-bond donors (Lipinski definition) is 4. The molecule has 6 heteroatoms. The summed E-state index contributed by atoms with van der Waals surface area (Å²) < 4.78 is 0. The molecule has 0 amide bonds. The Labute approximate surface area is 290 Å². The van der Waals surface area contributed by atoms with Crippen LogP contribution in [0.25, 0.3) is 78.6 Å². The zero-order valence-corrected chi connectivity index (χ0v) is 29.0. The van der Waals surface area contributed by atoms with E-state index >= 15 is 0 Å². The molecule has 3 aromatic carbocycles. The van der Waals surface area contributed by atoms with Crippen LogP contribution >= 0.6 is 0 Å². The lowest BCUT2D eigenvalue weighted by Gasteiger charge is -2.13. The van der Waals surface area contributed by atoms with Crippen molar-refractivity contribution in [3.05, 3.63) is 135 Å². The van der Waals surface area contributed by atoms with Crippen LogP contribution in [0.2, 0.25) is 0 Å². The number of nitrogens with one attached hydrogen (secondary N) is 3. The highest BCUT2D eigenvalue weighted by molar-refractivity contribution is 6.02. The third-order valence-electron chi connectivity index (χ3n) is 9.85. The summed E-state index contributed by atoms with van der Waals surface area (Å²) in [4.78, 5) is 28.4. The number of fused-ring (bicyclic) bond motifs is 9. The average molecular weight is 655 g/mol. The number of carboxylic acids is 1. The molecule has 0 saturated heterocycles. The smallest absolute Gasteiger partial charge is 0.335 e. The number of carbonyl (C=O) groups is 1. The Kier molecular flexibility index (Phi) is 7.34. The zero-order chi connectivity index (χ0) is 34.8. The molecule has 4 N–H and O–H groups in total. The van der Waals surface area contributed by atoms with E-state index in [0.717, 1.165) is 72.3 Å². The van der Waals surface area contributed by atoms with E-state index in [4.69, 9.17) is 4.98 Å². The third-order valence-corrected chi connectivity index (χ3v) is 9.85. The van der Waals surface area contributed by atoms with Crippen LogP contribution in [0.15, 0.2) is 84.9 Å².